The highest BCUT2D eigenvalue weighted by Gasteiger charge is 2.28. The summed E-state index contributed by atoms with van der Waals surface area (Å²) < 4.78 is 15.2. The van der Waals surface area contributed by atoms with Crippen LogP contribution in [0.15, 0.2) is 24.8 Å². The summed E-state index contributed by atoms with van der Waals surface area (Å²) in [7, 11) is 0. The van der Waals surface area contributed by atoms with Crippen molar-refractivity contribution in [2.75, 3.05) is 24.5 Å². The summed E-state index contributed by atoms with van der Waals surface area (Å²) in [6.07, 6.45) is 7.68. The Morgan fingerprint density at radius 1 is 1.21 bits per heavy atom. The maximum absolute atomic E-state index is 13.1. The monoisotopic (exact) mass is 330 g/mol. The molecule has 4 rings (SSSR count). The number of carbonyl (C=O) groups excluding carboxylic acids is 1. The van der Waals surface area contributed by atoms with E-state index in [2.05, 4.69) is 19.5 Å². The lowest BCUT2D eigenvalue weighted by atomic mass is 10.1. The molecule has 4 heterocycles. The summed E-state index contributed by atoms with van der Waals surface area (Å²) in [5, 5.41) is 0. The molecule has 1 atom stereocenters. The van der Waals surface area contributed by atoms with Gasteiger partial charge in [0, 0.05) is 50.9 Å². The second-order valence-corrected chi connectivity index (χ2v) is 6.39. The van der Waals surface area contributed by atoms with Gasteiger partial charge >= 0.3 is 0 Å². The first-order valence-corrected chi connectivity index (χ1v) is 8.19. The van der Waals surface area contributed by atoms with Crippen molar-refractivity contribution in [2.45, 2.75) is 25.9 Å². The van der Waals surface area contributed by atoms with Crippen LogP contribution >= 0.6 is 0 Å². The number of carbonyl (C=O) groups is 1. The van der Waals surface area contributed by atoms with E-state index in [9.17, 15) is 9.18 Å². The maximum Gasteiger partial charge on any atom is 0.225 e. The molecule has 0 spiro atoms. The summed E-state index contributed by atoms with van der Waals surface area (Å²) in [6.45, 7) is 3.63. The summed E-state index contributed by atoms with van der Waals surface area (Å²) in [6, 6.07) is 0. The van der Waals surface area contributed by atoms with Gasteiger partial charge in [-0.3, -0.25) is 4.79 Å². The van der Waals surface area contributed by atoms with Crippen molar-refractivity contribution in [2.24, 2.45) is 5.92 Å². The molecule has 0 unspecified atom stereocenters. The maximum atomic E-state index is 13.1. The van der Waals surface area contributed by atoms with Gasteiger partial charge in [0.1, 0.15) is 5.82 Å². The molecule has 2 aromatic heterocycles. The zero-order chi connectivity index (χ0) is 16.5. The predicted molar refractivity (Wildman–Crippen MR) is 84.6 cm³/mol. The van der Waals surface area contributed by atoms with Gasteiger partial charge in [-0.25, -0.2) is 19.3 Å². The average molecular weight is 330 g/mol. The van der Waals surface area contributed by atoms with Crippen LogP contribution in [0.1, 0.15) is 18.7 Å². The Hall–Kier alpha value is -2.51. The topological polar surface area (TPSA) is 67.2 Å². The molecule has 0 aromatic carbocycles. The Labute approximate surface area is 139 Å². The molecule has 8 heteroatoms. The highest BCUT2D eigenvalue weighted by molar-refractivity contribution is 5.78. The van der Waals surface area contributed by atoms with Crippen molar-refractivity contribution >= 4 is 11.9 Å². The summed E-state index contributed by atoms with van der Waals surface area (Å²) in [4.78, 5) is 28.5. The van der Waals surface area contributed by atoms with Gasteiger partial charge in [-0.15, -0.1) is 0 Å². The third-order valence-corrected chi connectivity index (χ3v) is 4.61. The first-order valence-electron chi connectivity index (χ1n) is 8.19. The number of likely N-dealkylation sites (tertiary alicyclic amines) is 1. The van der Waals surface area contributed by atoms with E-state index in [-0.39, 0.29) is 11.8 Å². The van der Waals surface area contributed by atoms with E-state index < -0.39 is 5.82 Å². The lowest BCUT2D eigenvalue weighted by Crippen LogP contribution is -2.37. The van der Waals surface area contributed by atoms with Crippen LogP contribution in [0.25, 0.3) is 0 Å². The number of aromatic nitrogens is 4. The molecule has 2 aliphatic rings. The first-order chi connectivity index (χ1) is 11.7. The van der Waals surface area contributed by atoms with Gasteiger partial charge in [0.25, 0.3) is 0 Å². The molecule has 7 nitrogen and oxygen atoms in total. The van der Waals surface area contributed by atoms with Crippen molar-refractivity contribution in [1.29, 1.82) is 0 Å². The minimum Gasteiger partial charge on any atom is -0.342 e. The lowest BCUT2D eigenvalue weighted by molar-refractivity contribution is -0.128. The van der Waals surface area contributed by atoms with Crippen molar-refractivity contribution in [1.82, 2.24) is 24.4 Å². The lowest BCUT2D eigenvalue weighted by Gasteiger charge is -2.27. The molecule has 1 fully saturated rings. The highest BCUT2D eigenvalue weighted by atomic mass is 19.1. The third-order valence-electron chi connectivity index (χ3n) is 4.61. The van der Waals surface area contributed by atoms with Crippen LogP contribution < -0.4 is 4.90 Å². The predicted octanol–water partition coefficient (Wildman–Crippen LogP) is 1.07. The first kappa shape index (κ1) is 15.0. The Kier molecular flexibility index (Phi) is 3.87. The second-order valence-electron chi connectivity index (χ2n) is 6.39. The molecule has 2 aromatic rings. The number of hydrogen-bond donors (Lipinski definition) is 0. The fraction of sp³-hybridized carbons (Fsp3) is 0.500. The van der Waals surface area contributed by atoms with Crippen molar-refractivity contribution in [3.8, 4) is 0 Å². The van der Waals surface area contributed by atoms with E-state index in [0.717, 1.165) is 25.3 Å². The molecule has 24 heavy (non-hydrogen) atoms. The van der Waals surface area contributed by atoms with E-state index in [1.165, 1.54) is 12.4 Å². The fourth-order valence-corrected chi connectivity index (χ4v) is 3.49. The van der Waals surface area contributed by atoms with Crippen molar-refractivity contribution < 1.29 is 9.18 Å². The minimum absolute atomic E-state index is 0.231. The van der Waals surface area contributed by atoms with Gasteiger partial charge in [0.05, 0.1) is 18.9 Å². The van der Waals surface area contributed by atoms with E-state index in [1.54, 1.807) is 6.20 Å². The molecule has 0 radical (unpaired) electrons. The number of rotatable bonds is 3. The normalized spacial score (nSPS) is 21.0. The molecule has 126 valence electrons. The van der Waals surface area contributed by atoms with Crippen LogP contribution in [0, 0.1) is 11.7 Å². The average Bonchev–Trinajstić information content (AvgIpc) is 3.13. The zero-order valence-electron chi connectivity index (χ0n) is 13.3. The molecule has 0 N–H and O–H groups in total. The van der Waals surface area contributed by atoms with Crippen LogP contribution in [0.5, 0.6) is 0 Å². The Bertz CT molecular complexity index is 730. The Balaban J connectivity index is 1.58. The molecule has 1 saturated heterocycles. The number of nitrogens with zero attached hydrogens (tertiary/aromatic N) is 6. The van der Waals surface area contributed by atoms with Gasteiger partial charge in [-0.05, 0) is 6.42 Å². The third kappa shape index (κ3) is 2.95. The number of anilines is 1. The minimum atomic E-state index is -0.450. The van der Waals surface area contributed by atoms with Gasteiger partial charge in [0.2, 0.25) is 11.9 Å². The van der Waals surface area contributed by atoms with E-state index in [0.29, 0.717) is 32.0 Å². The quantitative estimate of drug-likeness (QED) is 0.842. The largest absolute Gasteiger partial charge is 0.342 e. The number of fused-ring (bicyclic) bond motifs is 1. The Morgan fingerprint density at radius 2 is 2.04 bits per heavy atom. The number of amides is 1. The zero-order valence-corrected chi connectivity index (χ0v) is 13.3. The van der Waals surface area contributed by atoms with Crippen LogP contribution in [-0.2, 0) is 17.9 Å². The van der Waals surface area contributed by atoms with Crippen molar-refractivity contribution in [3.05, 3.63) is 36.4 Å². The molecular formula is C16H19FN6O. The molecule has 2 aliphatic heterocycles. The summed E-state index contributed by atoms with van der Waals surface area (Å²) in [5.74, 6) is 1.45. The number of halogens is 1. The molecule has 0 bridgehead atoms. The molecule has 1 amide bonds. The van der Waals surface area contributed by atoms with E-state index in [4.69, 9.17) is 0 Å². The van der Waals surface area contributed by atoms with Gasteiger partial charge in [-0.1, -0.05) is 0 Å². The van der Waals surface area contributed by atoms with Gasteiger partial charge < -0.3 is 14.4 Å². The Morgan fingerprint density at radius 3 is 2.79 bits per heavy atom. The van der Waals surface area contributed by atoms with E-state index >= 15 is 0 Å². The van der Waals surface area contributed by atoms with Crippen LogP contribution in [0.2, 0.25) is 0 Å². The van der Waals surface area contributed by atoms with Crippen molar-refractivity contribution in [3.63, 3.8) is 0 Å². The van der Waals surface area contributed by atoms with Gasteiger partial charge in [0.15, 0.2) is 5.82 Å². The SMILES string of the molecule is O=C1CCCN1C[C@H]1CN(c2ncc(F)cn2)Cc2nccn2C1. The standard InChI is InChI=1S/C16H19FN6O/c17-13-6-19-16(20-7-13)23-10-12(9-22-4-1-2-15(22)24)8-21-5-3-18-14(21)11-23/h3,5-7,12H,1-2,4,8-11H2/t12-/m0/s1. The second kappa shape index (κ2) is 6.18. The number of hydrogen-bond acceptors (Lipinski definition) is 5. The molecule has 0 aliphatic carbocycles. The van der Waals surface area contributed by atoms with Crippen LogP contribution in [-0.4, -0.2) is 50.0 Å². The van der Waals surface area contributed by atoms with Crippen LogP contribution in [0.4, 0.5) is 10.3 Å². The smallest absolute Gasteiger partial charge is 0.225 e. The van der Waals surface area contributed by atoms with E-state index in [1.807, 2.05) is 16.0 Å². The highest BCUT2D eigenvalue weighted by Crippen LogP contribution is 2.21. The molecular weight excluding hydrogens is 311 g/mol. The molecule has 0 saturated carbocycles. The van der Waals surface area contributed by atoms with Crippen LogP contribution in [0.3, 0.4) is 0 Å². The fourth-order valence-electron chi connectivity index (χ4n) is 3.49. The van der Waals surface area contributed by atoms with Gasteiger partial charge in [-0.2, -0.15) is 0 Å². The summed E-state index contributed by atoms with van der Waals surface area (Å²) in [5.41, 5.74) is 0. The summed E-state index contributed by atoms with van der Waals surface area (Å²) >= 11 is 0. The number of imidazole rings is 1.